The first kappa shape index (κ1) is 16.7. The van der Waals surface area contributed by atoms with Crippen molar-refractivity contribution in [1.29, 1.82) is 0 Å². The first-order valence-electron chi connectivity index (χ1n) is 10.0. The van der Waals surface area contributed by atoms with Crippen molar-refractivity contribution in [1.82, 2.24) is 9.55 Å². The molecule has 2 nitrogen and oxygen atoms in total. The van der Waals surface area contributed by atoms with Crippen LogP contribution in [-0.4, -0.2) is 9.55 Å². The maximum atomic E-state index is 5.00. The Kier molecular flexibility index (Phi) is 3.45. The van der Waals surface area contributed by atoms with E-state index in [0.717, 1.165) is 16.4 Å². The summed E-state index contributed by atoms with van der Waals surface area (Å²) >= 11 is 3.68. The normalized spacial score (nSPS) is 13.1. The number of rotatable bonds is 1. The second kappa shape index (κ2) is 6.21. The van der Waals surface area contributed by atoms with Crippen LogP contribution in [0.5, 0.6) is 0 Å². The summed E-state index contributed by atoms with van der Waals surface area (Å²) in [5.41, 5.74) is 7.37. The van der Waals surface area contributed by atoms with Crippen LogP contribution >= 0.6 is 23.1 Å². The van der Waals surface area contributed by atoms with Gasteiger partial charge in [-0.15, -0.1) is 11.3 Å². The number of thiophene rings is 1. The van der Waals surface area contributed by atoms with Crippen LogP contribution in [0.2, 0.25) is 0 Å². The third-order valence-electron chi connectivity index (χ3n) is 5.93. The Bertz CT molecular complexity index is 1610. The summed E-state index contributed by atoms with van der Waals surface area (Å²) < 4.78 is 4.98. The van der Waals surface area contributed by atoms with E-state index in [1.165, 1.54) is 48.1 Å². The first-order valence-corrected chi connectivity index (χ1v) is 11.8. The molecular weight excluding hydrogens is 404 g/mol. The molecule has 0 amide bonds. The molecule has 4 aromatic carbocycles. The van der Waals surface area contributed by atoms with E-state index in [-0.39, 0.29) is 0 Å². The maximum absolute atomic E-state index is 5.00. The summed E-state index contributed by atoms with van der Waals surface area (Å²) in [5, 5.41) is 3.77. The van der Waals surface area contributed by atoms with Crippen LogP contribution in [0, 0.1) is 0 Å². The molecule has 2 aromatic heterocycles. The third kappa shape index (κ3) is 2.29. The van der Waals surface area contributed by atoms with Crippen molar-refractivity contribution in [2.24, 2.45) is 0 Å². The van der Waals surface area contributed by atoms with Crippen LogP contribution in [0.15, 0.2) is 90.1 Å². The fourth-order valence-corrected chi connectivity index (χ4v) is 6.71. The number of benzene rings is 4. The van der Waals surface area contributed by atoms with Crippen molar-refractivity contribution < 1.29 is 0 Å². The van der Waals surface area contributed by atoms with Gasteiger partial charge in [-0.3, -0.25) is 4.57 Å². The number of fused-ring (bicyclic) bond motifs is 8. The van der Waals surface area contributed by atoms with E-state index in [1.807, 2.05) is 23.1 Å². The summed E-state index contributed by atoms with van der Waals surface area (Å²) in [6.07, 6.45) is 0. The SMILES string of the molecule is c1ccc2c(c1)CSc1nc3cc(-c4cccc5sc6ccccc6c45)ccc3n1-2. The highest BCUT2D eigenvalue weighted by Crippen LogP contribution is 2.42. The van der Waals surface area contributed by atoms with Crippen molar-refractivity contribution in [2.45, 2.75) is 10.9 Å². The number of nitrogens with zero attached hydrogens (tertiary/aromatic N) is 2. The largest absolute Gasteiger partial charge is 0.287 e. The van der Waals surface area contributed by atoms with E-state index < -0.39 is 0 Å². The summed E-state index contributed by atoms with van der Waals surface area (Å²) in [5.74, 6) is 0.979. The predicted octanol–water partition coefficient (Wildman–Crippen LogP) is 7.67. The van der Waals surface area contributed by atoms with Crippen molar-refractivity contribution in [3.05, 3.63) is 90.5 Å². The molecule has 0 spiro atoms. The van der Waals surface area contributed by atoms with Crippen molar-refractivity contribution in [3.63, 3.8) is 0 Å². The van der Waals surface area contributed by atoms with Gasteiger partial charge in [0.2, 0.25) is 0 Å². The maximum Gasteiger partial charge on any atom is 0.174 e. The summed E-state index contributed by atoms with van der Waals surface area (Å²) in [6.45, 7) is 0. The Morgan fingerprint density at radius 2 is 1.67 bits per heavy atom. The molecule has 0 atom stereocenters. The average molecular weight is 421 g/mol. The third-order valence-corrected chi connectivity index (χ3v) is 8.05. The Morgan fingerprint density at radius 1 is 0.800 bits per heavy atom. The Morgan fingerprint density at radius 3 is 2.67 bits per heavy atom. The van der Waals surface area contributed by atoms with Gasteiger partial charge in [0.15, 0.2) is 5.16 Å². The zero-order valence-electron chi connectivity index (χ0n) is 16.0. The van der Waals surface area contributed by atoms with Crippen LogP contribution in [-0.2, 0) is 5.75 Å². The van der Waals surface area contributed by atoms with Gasteiger partial charge in [-0.05, 0) is 47.0 Å². The van der Waals surface area contributed by atoms with Crippen molar-refractivity contribution in [2.75, 3.05) is 0 Å². The van der Waals surface area contributed by atoms with Gasteiger partial charge >= 0.3 is 0 Å². The lowest BCUT2D eigenvalue weighted by molar-refractivity contribution is 0.894. The van der Waals surface area contributed by atoms with Crippen LogP contribution in [0.4, 0.5) is 0 Å². The molecule has 0 N–H and O–H groups in total. The Balaban J connectivity index is 1.48. The van der Waals surface area contributed by atoms with E-state index in [1.54, 1.807) is 0 Å². The molecule has 142 valence electrons. The predicted molar refractivity (Wildman–Crippen MR) is 129 cm³/mol. The molecule has 0 bridgehead atoms. The minimum atomic E-state index is 0.979. The minimum Gasteiger partial charge on any atom is -0.287 e. The van der Waals surface area contributed by atoms with Gasteiger partial charge in [-0.1, -0.05) is 66.4 Å². The number of hydrogen-bond acceptors (Lipinski definition) is 3. The molecular formula is C26H16N2S2. The molecule has 0 saturated carbocycles. The van der Waals surface area contributed by atoms with E-state index in [0.29, 0.717) is 0 Å². The quantitative estimate of drug-likeness (QED) is 0.272. The second-order valence-corrected chi connectivity index (χ2v) is 9.65. The van der Waals surface area contributed by atoms with Gasteiger partial charge in [0.1, 0.15) is 0 Å². The summed E-state index contributed by atoms with van der Waals surface area (Å²) in [6, 6.07) is 30.7. The van der Waals surface area contributed by atoms with Gasteiger partial charge in [-0.25, -0.2) is 4.98 Å². The van der Waals surface area contributed by atoms with Crippen LogP contribution < -0.4 is 0 Å². The molecule has 3 heterocycles. The highest BCUT2D eigenvalue weighted by atomic mass is 32.2. The van der Waals surface area contributed by atoms with Crippen molar-refractivity contribution >= 4 is 54.3 Å². The van der Waals surface area contributed by atoms with Gasteiger partial charge in [-0.2, -0.15) is 0 Å². The van der Waals surface area contributed by atoms with Gasteiger partial charge < -0.3 is 0 Å². The number of hydrogen-bond donors (Lipinski definition) is 0. The molecule has 0 unspecified atom stereocenters. The fraction of sp³-hybridized carbons (Fsp3) is 0.0385. The zero-order chi connectivity index (χ0) is 19.7. The molecule has 30 heavy (non-hydrogen) atoms. The van der Waals surface area contributed by atoms with Crippen LogP contribution in [0.25, 0.3) is 48.0 Å². The molecule has 4 heteroatoms. The lowest BCUT2D eigenvalue weighted by atomic mass is 9.99. The van der Waals surface area contributed by atoms with Gasteiger partial charge in [0.05, 0.1) is 16.7 Å². The first-order chi connectivity index (χ1) is 14.9. The smallest absolute Gasteiger partial charge is 0.174 e. The second-order valence-electron chi connectivity index (χ2n) is 7.63. The monoisotopic (exact) mass is 420 g/mol. The zero-order valence-corrected chi connectivity index (χ0v) is 17.6. The molecule has 7 rings (SSSR count). The van der Waals surface area contributed by atoms with E-state index in [2.05, 4.69) is 89.5 Å². The van der Waals surface area contributed by atoms with E-state index >= 15 is 0 Å². The lowest BCUT2D eigenvalue weighted by Crippen LogP contribution is -2.05. The molecule has 0 aliphatic carbocycles. The summed E-state index contributed by atoms with van der Waals surface area (Å²) in [7, 11) is 0. The Labute approximate surface area is 181 Å². The fourth-order valence-electron chi connectivity index (χ4n) is 4.56. The molecule has 1 aliphatic heterocycles. The topological polar surface area (TPSA) is 17.8 Å². The van der Waals surface area contributed by atoms with Crippen molar-refractivity contribution in [3.8, 4) is 16.8 Å². The van der Waals surface area contributed by atoms with Crippen LogP contribution in [0.3, 0.4) is 0 Å². The number of aromatic nitrogens is 2. The van der Waals surface area contributed by atoms with E-state index in [9.17, 15) is 0 Å². The van der Waals surface area contributed by atoms with Gasteiger partial charge in [0, 0.05) is 25.9 Å². The summed E-state index contributed by atoms with van der Waals surface area (Å²) in [4.78, 5) is 5.00. The Hall–Kier alpha value is -3.08. The molecule has 1 aliphatic rings. The van der Waals surface area contributed by atoms with Crippen LogP contribution in [0.1, 0.15) is 5.56 Å². The lowest BCUT2D eigenvalue weighted by Gasteiger charge is -2.18. The number of para-hydroxylation sites is 1. The minimum absolute atomic E-state index is 0.979. The molecule has 0 radical (unpaired) electrons. The molecule has 0 fully saturated rings. The highest BCUT2D eigenvalue weighted by molar-refractivity contribution is 7.98. The number of imidazole rings is 1. The standard InChI is InChI=1S/C26H16N2S2/c1-3-9-21-17(6-1)15-29-26-27-20-14-16(12-13-22(20)28(21)26)18-8-5-11-24-25(18)19-7-2-4-10-23(19)30-24/h1-14H,15H2. The van der Waals surface area contributed by atoms with Gasteiger partial charge in [0.25, 0.3) is 0 Å². The average Bonchev–Trinajstić information content (AvgIpc) is 3.36. The van der Waals surface area contributed by atoms with E-state index in [4.69, 9.17) is 4.98 Å². The number of thioether (sulfide) groups is 1. The molecule has 6 aromatic rings. The highest BCUT2D eigenvalue weighted by Gasteiger charge is 2.21. The molecule has 0 saturated heterocycles.